The molecule has 0 aliphatic rings. The zero-order chi connectivity index (χ0) is 24.8. The lowest BCUT2D eigenvalue weighted by Gasteiger charge is -2.33. The van der Waals surface area contributed by atoms with Gasteiger partial charge in [-0.1, -0.05) is 6.92 Å². The van der Waals surface area contributed by atoms with E-state index in [0.717, 1.165) is 30.3 Å². The molecular formula is C23H31F3N2O4S. The Morgan fingerprint density at radius 3 is 2.18 bits per heavy atom. The van der Waals surface area contributed by atoms with Gasteiger partial charge in [0.1, 0.15) is 17.5 Å². The van der Waals surface area contributed by atoms with E-state index < -0.39 is 46.2 Å². The summed E-state index contributed by atoms with van der Waals surface area (Å²) in [6.45, 7) is 3.48. The van der Waals surface area contributed by atoms with Crippen LogP contribution in [0.4, 0.5) is 13.2 Å². The van der Waals surface area contributed by atoms with Crippen LogP contribution in [0.15, 0.2) is 47.4 Å². The van der Waals surface area contributed by atoms with Gasteiger partial charge in [0, 0.05) is 38.3 Å². The van der Waals surface area contributed by atoms with Crippen LogP contribution in [0.2, 0.25) is 0 Å². The Morgan fingerprint density at radius 1 is 1.00 bits per heavy atom. The molecule has 2 aromatic carbocycles. The van der Waals surface area contributed by atoms with E-state index in [1.807, 2.05) is 6.92 Å². The molecule has 3 atom stereocenters. The number of methoxy groups -OCH3 is 1. The van der Waals surface area contributed by atoms with E-state index in [1.165, 1.54) is 23.5 Å². The molecular weight excluding hydrogens is 457 g/mol. The highest BCUT2D eigenvalue weighted by molar-refractivity contribution is 7.89. The van der Waals surface area contributed by atoms with Crippen LogP contribution in [0, 0.1) is 23.4 Å². The Morgan fingerprint density at radius 2 is 1.61 bits per heavy atom. The number of aliphatic hydroxyl groups is 1. The molecule has 0 saturated heterocycles. The second kappa shape index (κ2) is 11.9. The minimum atomic E-state index is -4.01. The molecule has 0 heterocycles. The van der Waals surface area contributed by atoms with E-state index in [4.69, 9.17) is 4.74 Å². The standard InChI is InChI=1S/C23H31F3N2O4S/c1-16(23(32-4)14-27(3)13-18-11-20(25)7-10-22(18)26)12-28(17(2)15-29)33(30,31)21-8-5-19(24)6-9-21/h5-11,16-17,23,29H,12-15H2,1-4H3/t16-,17-,23+/m1/s1. The highest BCUT2D eigenvalue weighted by Gasteiger charge is 2.32. The van der Waals surface area contributed by atoms with Crippen molar-refractivity contribution in [3.05, 3.63) is 65.5 Å². The van der Waals surface area contributed by atoms with Crippen LogP contribution in [0.25, 0.3) is 0 Å². The molecule has 184 valence electrons. The van der Waals surface area contributed by atoms with Crippen LogP contribution in [-0.2, 0) is 21.3 Å². The maximum absolute atomic E-state index is 14.0. The summed E-state index contributed by atoms with van der Waals surface area (Å²) in [7, 11) is -0.786. The van der Waals surface area contributed by atoms with E-state index in [2.05, 4.69) is 0 Å². The van der Waals surface area contributed by atoms with E-state index in [0.29, 0.717) is 6.54 Å². The molecule has 0 saturated carbocycles. The van der Waals surface area contributed by atoms with Crippen LogP contribution < -0.4 is 0 Å². The first-order valence-electron chi connectivity index (χ1n) is 10.5. The van der Waals surface area contributed by atoms with Crippen LogP contribution in [0.1, 0.15) is 19.4 Å². The highest BCUT2D eigenvalue weighted by atomic mass is 32.2. The zero-order valence-electron chi connectivity index (χ0n) is 19.2. The first kappa shape index (κ1) is 27.3. The lowest BCUT2D eigenvalue weighted by Crippen LogP contribution is -2.46. The predicted octanol–water partition coefficient (Wildman–Crippen LogP) is 3.26. The largest absolute Gasteiger partial charge is 0.395 e. The monoisotopic (exact) mass is 488 g/mol. The summed E-state index contributed by atoms with van der Waals surface area (Å²) in [5, 5.41) is 9.65. The molecule has 0 aliphatic heterocycles. The normalized spacial score (nSPS) is 15.1. The number of halogens is 3. The van der Waals surface area contributed by atoms with Crippen LogP contribution in [0.3, 0.4) is 0 Å². The summed E-state index contributed by atoms with van der Waals surface area (Å²) >= 11 is 0. The zero-order valence-corrected chi connectivity index (χ0v) is 20.0. The van der Waals surface area contributed by atoms with Crippen molar-refractivity contribution in [1.82, 2.24) is 9.21 Å². The molecule has 2 aromatic rings. The van der Waals surface area contributed by atoms with Crippen LogP contribution >= 0.6 is 0 Å². The smallest absolute Gasteiger partial charge is 0.243 e. The summed E-state index contributed by atoms with van der Waals surface area (Å²) in [5.74, 6) is -1.92. The fourth-order valence-corrected chi connectivity index (χ4v) is 5.29. The number of benzene rings is 2. The molecule has 0 spiro atoms. The number of rotatable bonds is 12. The second-order valence-electron chi connectivity index (χ2n) is 8.24. The third kappa shape index (κ3) is 7.25. The lowest BCUT2D eigenvalue weighted by molar-refractivity contribution is 0.0219. The SMILES string of the molecule is CO[C@@H](CN(C)Cc1cc(F)ccc1F)[C@H](C)CN([C@H](C)CO)S(=O)(=O)c1ccc(F)cc1. The molecule has 0 radical (unpaired) electrons. The minimum Gasteiger partial charge on any atom is -0.395 e. The molecule has 1 N–H and O–H groups in total. The summed E-state index contributed by atoms with van der Waals surface area (Å²) in [6, 6.07) is 7.03. The van der Waals surface area contributed by atoms with Crippen molar-refractivity contribution in [2.45, 2.75) is 37.4 Å². The topological polar surface area (TPSA) is 70.1 Å². The Hall–Kier alpha value is -1.98. The van der Waals surface area contributed by atoms with Crippen molar-refractivity contribution in [1.29, 1.82) is 0 Å². The number of likely N-dealkylation sites (N-methyl/N-ethyl adjacent to an activating group) is 1. The number of hydrogen-bond acceptors (Lipinski definition) is 5. The maximum Gasteiger partial charge on any atom is 0.243 e. The van der Waals surface area contributed by atoms with Gasteiger partial charge in [0.05, 0.1) is 17.6 Å². The van der Waals surface area contributed by atoms with Gasteiger partial charge in [0.25, 0.3) is 0 Å². The number of aliphatic hydroxyl groups excluding tert-OH is 1. The second-order valence-corrected chi connectivity index (χ2v) is 10.1. The van der Waals surface area contributed by atoms with Gasteiger partial charge in [-0.15, -0.1) is 0 Å². The molecule has 0 fully saturated rings. The van der Waals surface area contributed by atoms with Crippen molar-refractivity contribution < 1.29 is 31.4 Å². The molecule has 6 nitrogen and oxygen atoms in total. The number of ether oxygens (including phenoxy) is 1. The van der Waals surface area contributed by atoms with Crippen LogP contribution in [-0.4, -0.2) is 68.7 Å². The summed E-state index contributed by atoms with van der Waals surface area (Å²) in [4.78, 5) is 1.68. The van der Waals surface area contributed by atoms with Crippen molar-refractivity contribution in [2.24, 2.45) is 5.92 Å². The Bertz CT molecular complexity index is 1010. The van der Waals surface area contributed by atoms with E-state index >= 15 is 0 Å². The summed E-state index contributed by atoms with van der Waals surface area (Å²) in [6.07, 6.45) is -0.441. The van der Waals surface area contributed by atoms with Gasteiger partial charge in [0.15, 0.2) is 0 Å². The fourth-order valence-electron chi connectivity index (χ4n) is 3.56. The lowest BCUT2D eigenvalue weighted by atomic mass is 10.0. The molecule has 0 bridgehead atoms. The van der Waals surface area contributed by atoms with Gasteiger partial charge in [-0.05, 0) is 62.4 Å². The average Bonchev–Trinajstić information content (AvgIpc) is 2.77. The van der Waals surface area contributed by atoms with E-state index in [1.54, 1.807) is 18.9 Å². The summed E-state index contributed by atoms with van der Waals surface area (Å²) in [5.41, 5.74) is 0.203. The third-order valence-corrected chi connectivity index (χ3v) is 7.52. The van der Waals surface area contributed by atoms with Crippen molar-refractivity contribution >= 4 is 10.0 Å². The Kier molecular flexibility index (Phi) is 9.86. The number of hydrogen-bond donors (Lipinski definition) is 1. The van der Waals surface area contributed by atoms with Gasteiger partial charge >= 0.3 is 0 Å². The van der Waals surface area contributed by atoms with Crippen LogP contribution in [0.5, 0.6) is 0 Å². The molecule has 0 unspecified atom stereocenters. The molecule has 0 amide bonds. The summed E-state index contributed by atoms with van der Waals surface area (Å²) < 4.78 is 73.8. The van der Waals surface area contributed by atoms with Crippen molar-refractivity contribution in [3.8, 4) is 0 Å². The number of sulfonamides is 1. The van der Waals surface area contributed by atoms with E-state index in [9.17, 15) is 26.7 Å². The molecule has 0 aromatic heterocycles. The first-order valence-corrected chi connectivity index (χ1v) is 12.0. The van der Waals surface area contributed by atoms with Gasteiger partial charge in [-0.25, -0.2) is 21.6 Å². The van der Waals surface area contributed by atoms with Crippen molar-refractivity contribution in [2.75, 3.05) is 33.9 Å². The number of nitrogens with zero attached hydrogens (tertiary/aromatic N) is 2. The first-order chi connectivity index (χ1) is 15.5. The Labute approximate surface area is 193 Å². The predicted molar refractivity (Wildman–Crippen MR) is 119 cm³/mol. The Balaban J connectivity index is 2.16. The minimum absolute atomic E-state index is 0.0299. The maximum atomic E-state index is 14.0. The third-order valence-electron chi connectivity index (χ3n) is 5.52. The molecule has 10 heteroatoms. The van der Waals surface area contributed by atoms with Gasteiger partial charge in [-0.2, -0.15) is 4.31 Å². The van der Waals surface area contributed by atoms with Gasteiger partial charge in [0.2, 0.25) is 10.0 Å². The molecule has 33 heavy (non-hydrogen) atoms. The van der Waals surface area contributed by atoms with Gasteiger partial charge < -0.3 is 9.84 Å². The van der Waals surface area contributed by atoms with E-state index in [-0.39, 0.29) is 29.5 Å². The van der Waals surface area contributed by atoms with Gasteiger partial charge in [-0.3, -0.25) is 4.90 Å². The average molecular weight is 489 g/mol. The quantitative estimate of drug-likeness (QED) is 0.497. The molecule has 0 aliphatic carbocycles. The van der Waals surface area contributed by atoms with Crippen molar-refractivity contribution in [3.63, 3.8) is 0 Å². The molecule has 2 rings (SSSR count). The fraction of sp³-hybridized carbons (Fsp3) is 0.478. The highest BCUT2D eigenvalue weighted by Crippen LogP contribution is 2.22.